The summed E-state index contributed by atoms with van der Waals surface area (Å²) in [5.41, 5.74) is 2.97. The quantitative estimate of drug-likeness (QED) is 0.0318. The fraction of sp³-hybridized carbons (Fsp3) is 0.459. The second-order valence-electron chi connectivity index (χ2n) is 14.3. The Labute approximate surface area is 350 Å². The van der Waals surface area contributed by atoms with Gasteiger partial charge in [0, 0.05) is 49.1 Å². The molecule has 318 valence electrons. The van der Waals surface area contributed by atoms with E-state index >= 15 is 0 Å². The Morgan fingerprint density at radius 1 is 1.14 bits per heavy atom. The Bertz CT molecular complexity index is 2310. The fourth-order valence-electron chi connectivity index (χ4n) is 6.48. The summed E-state index contributed by atoms with van der Waals surface area (Å²) >= 11 is 8.50. The third-order valence-electron chi connectivity index (χ3n) is 9.81. The molecule has 0 aliphatic carbocycles. The highest BCUT2D eigenvalue weighted by Crippen LogP contribution is 2.44. The maximum absolute atomic E-state index is 13.7. The summed E-state index contributed by atoms with van der Waals surface area (Å²) in [6, 6.07) is 0.0237. The summed E-state index contributed by atoms with van der Waals surface area (Å²) < 4.78 is 1.55. The number of nitrogen functional groups attached to an aromatic ring is 1. The van der Waals surface area contributed by atoms with Crippen LogP contribution in [0.4, 0.5) is 5.13 Å². The van der Waals surface area contributed by atoms with Gasteiger partial charge in [0.05, 0.1) is 15.9 Å². The predicted octanol–water partition coefficient (Wildman–Crippen LogP) is 2.76. The number of carboxylic acid groups (broad SMARTS) is 2. The van der Waals surface area contributed by atoms with Crippen molar-refractivity contribution >= 4 is 86.1 Å². The molecule has 5 rings (SSSR count). The number of rotatable bonds is 18. The summed E-state index contributed by atoms with van der Waals surface area (Å²) in [5, 5.41) is 49.0. The largest absolute Gasteiger partial charge is 0.504 e. The summed E-state index contributed by atoms with van der Waals surface area (Å²) in [5.74, 6) is -6.20. The van der Waals surface area contributed by atoms with Gasteiger partial charge in [0.25, 0.3) is 17.7 Å². The van der Waals surface area contributed by atoms with E-state index in [2.05, 4.69) is 20.8 Å². The van der Waals surface area contributed by atoms with Crippen molar-refractivity contribution in [2.75, 3.05) is 31.9 Å². The molecule has 8 N–H and O–H groups in total. The molecule has 2 aromatic heterocycles. The van der Waals surface area contributed by atoms with Gasteiger partial charge in [-0.15, -0.1) is 23.1 Å². The lowest BCUT2D eigenvalue weighted by Gasteiger charge is -2.51. The highest BCUT2D eigenvalue weighted by atomic mass is 35.5. The van der Waals surface area contributed by atoms with E-state index in [0.717, 1.165) is 35.5 Å². The minimum atomic E-state index is -1.82. The molecule has 3 amide bonds. The van der Waals surface area contributed by atoms with Gasteiger partial charge in [0.2, 0.25) is 11.0 Å². The summed E-state index contributed by atoms with van der Waals surface area (Å²) in [6.45, 7) is 9.31. The molecule has 1 unspecified atom stereocenters. The SMILES string of the molecule is CCCCCN(CCNC(=O)c1cn(CC)c2cc(O)c(O)c(Cl)c2c1=O)CC1=C(C(=O)O)N2C(=O)C(NC(=O)/C(=N\OC(C)(C)C(=O)O)c3csc(N)n3)[C@H]2S[C@H]1C. The molecule has 0 saturated carbocycles. The van der Waals surface area contributed by atoms with Crippen molar-refractivity contribution in [3.8, 4) is 11.5 Å². The van der Waals surface area contributed by atoms with Crippen LogP contribution in [0, 0.1) is 0 Å². The number of nitrogens with zero attached hydrogens (tertiary/aromatic N) is 5. The molecule has 59 heavy (non-hydrogen) atoms. The maximum Gasteiger partial charge on any atom is 0.352 e. The minimum Gasteiger partial charge on any atom is -0.504 e. The number of thioether (sulfide) groups is 1. The number of halogens is 1. The molecule has 2 aliphatic heterocycles. The molecule has 1 aromatic carbocycles. The number of aromatic hydroxyl groups is 2. The lowest BCUT2D eigenvalue weighted by Crippen LogP contribution is -2.71. The molecule has 0 radical (unpaired) electrons. The third kappa shape index (κ3) is 9.27. The number of fused-ring (bicyclic) bond motifs is 2. The van der Waals surface area contributed by atoms with Crippen LogP contribution in [0.25, 0.3) is 10.9 Å². The number of aryl methyl sites for hydroxylation is 1. The number of carbonyl (C=O) groups is 5. The molecule has 3 atom stereocenters. The summed E-state index contributed by atoms with van der Waals surface area (Å²) in [4.78, 5) is 90.8. The topological polar surface area (TPSA) is 279 Å². The van der Waals surface area contributed by atoms with E-state index in [9.17, 15) is 49.2 Å². The van der Waals surface area contributed by atoms with Gasteiger partial charge in [-0.2, -0.15) is 0 Å². The molecule has 1 fully saturated rings. The second-order valence-corrected chi connectivity index (χ2v) is 17.0. The number of nitrogens with two attached hydrogens (primary N) is 1. The molecule has 19 nitrogen and oxygen atoms in total. The van der Waals surface area contributed by atoms with Crippen LogP contribution in [0.1, 0.15) is 69.9 Å². The first kappa shape index (κ1) is 44.7. The van der Waals surface area contributed by atoms with Crippen LogP contribution in [0.3, 0.4) is 0 Å². The molecule has 3 aromatic rings. The monoisotopic (exact) mass is 876 g/mol. The van der Waals surface area contributed by atoms with Crippen LogP contribution in [-0.4, -0.2) is 124 Å². The van der Waals surface area contributed by atoms with Crippen LogP contribution < -0.4 is 21.8 Å². The number of nitrogens with one attached hydrogen (secondary N) is 2. The van der Waals surface area contributed by atoms with E-state index in [1.54, 1.807) is 18.4 Å². The number of hydrogen-bond donors (Lipinski definition) is 7. The number of aliphatic carboxylic acids is 2. The van der Waals surface area contributed by atoms with Gasteiger partial charge in [0.1, 0.15) is 28.4 Å². The summed E-state index contributed by atoms with van der Waals surface area (Å²) in [7, 11) is 0. The van der Waals surface area contributed by atoms with Crippen molar-refractivity contribution in [2.24, 2.45) is 5.16 Å². The molecule has 22 heteroatoms. The number of β-lactam (4-membered cyclic amide) rings is 1. The Morgan fingerprint density at radius 2 is 1.85 bits per heavy atom. The van der Waals surface area contributed by atoms with Crippen LogP contribution in [0.2, 0.25) is 5.02 Å². The number of carbonyl (C=O) groups excluding carboxylic acids is 3. The molecule has 1 saturated heterocycles. The first-order valence-electron chi connectivity index (χ1n) is 18.6. The van der Waals surface area contributed by atoms with Crippen LogP contribution in [0.15, 0.2) is 38.9 Å². The first-order chi connectivity index (χ1) is 27.8. The lowest BCUT2D eigenvalue weighted by atomic mass is 10.00. The highest BCUT2D eigenvalue weighted by molar-refractivity contribution is 8.00. The van der Waals surface area contributed by atoms with E-state index in [-0.39, 0.29) is 57.6 Å². The van der Waals surface area contributed by atoms with E-state index in [0.29, 0.717) is 18.7 Å². The number of thiazole rings is 1. The van der Waals surface area contributed by atoms with Crippen molar-refractivity contribution in [3.05, 3.63) is 55.4 Å². The molecule has 4 heterocycles. The number of phenols is 2. The van der Waals surface area contributed by atoms with Crippen LogP contribution in [0.5, 0.6) is 11.5 Å². The van der Waals surface area contributed by atoms with Gasteiger partial charge in [0.15, 0.2) is 22.3 Å². The zero-order valence-corrected chi connectivity index (χ0v) is 35.2. The van der Waals surface area contributed by atoms with Crippen LogP contribution in [-0.2, 0) is 30.6 Å². The number of hydrogen-bond acceptors (Lipinski definition) is 15. The minimum absolute atomic E-state index is 0.0200. The number of pyridine rings is 1. The average Bonchev–Trinajstić information content (AvgIpc) is 3.61. The van der Waals surface area contributed by atoms with E-state index in [1.165, 1.54) is 43.3 Å². The molecule has 2 aliphatic rings. The van der Waals surface area contributed by atoms with Crippen molar-refractivity contribution in [1.82, 2.24) is 30.0 Å². The predicted molar refractivity (Wildman–Crippen MR) is 221 cm³/mol. The number of oxime groups is 1. The Hall–Kier alpha value is -5.38. The van der Waals surface area contributed by atoms with Crippen molar-refractivity contribution < 1.29 is 49.2 Å². The average molecular weight is 877 g/mol. The molecular weight excluding hydrogens is 832 g/mol. The molecule has 0 spiro atoms. The lowest BCUT2D eigenvalue weighted by molar-refractivity contribution is -0.161. The van der Waals surface area contributed by atoms with E-state index in [1.807, 2.05) is 11.8 Å². The maximum atomic E-state index is 13.7. The molecule has 0 bridgehead atoms. The van der Waals surface area contributed by atoms with E-state index in [4.69, 9.17) is 22.2 Å². The number of benzene rings is 1. The number of unbranched alkanes of at least 4 members (excludes halogenated alkanes) is 2. The highest BCUT2D eigenvalue weighted by Gasteiger charge is 2.56. The van der Waals surface area contributed by atoms with Crippen molar-refractivity contribution in [3.63, 3.8) is 0 Å². The van der Waals surface area contributed by atoms with Gasteiger partial charge in [-0.05, 0) is 46.2 Å². The van der Waals surface area contributed by atoms with Gasteiger partial charge < -0.3 is 46.2 Å². The van der Waals surface area contributed by atoms with Crippen molar-refractivity contribution in [2.45, 2.75) is 82.7 Å². The van der Waals surface area contributed by atoms with Gasteiger partial charge in [-0.1, -0.05) is 36.5 Å². The number of carboxylic acids is 2. The second kappa shape index (κ2) is 18.3. The zero-order valence-electron chi connectivity index (χ0n) is 32.8. The molecular formula is C37H45ClN8O11S2. The van der Waals surface area contributed by atoms with E-state index < -0.39 is 74.6 Å². The van der Waals surface area contributed by atoms with Crippen molar-refractivity contribution in [1.29, 1.82) is 0 Å². The Morgan fingerprint density at radius 3 is 2.46 bits per heavy atom. The third-order valence-corrected chi connectivity index (χ3v) is 12.3. The van der Waals surface area contributed by atoms with Gasteiger partial charge in [-0.3, -0.25) is 29.0 Å². The number of aromatic nitrogens is 2. The number of phenolic OH excluding ortho intramolecular Hbond substituents is 2. The fourth-order valence-corrected chi connectivity index (χ4v) is 8.75. The van der Waals surface area contributed by atoms with Crippen LogP contribution >= 0.6 is 34.7 Å². The smallest absolute Gasteiger partial charge is 0.352 e. The Balaban J connectivity index is 1.34. The van der Waals surface area contributed by atoms with Gasteiger partial charge in [-0.25, -0.2) is 14.6 Å². The normalized spacial score (nSPS) is 18.2. The standard InChI is InChI=1S/C37H45ClN8O11S2/c1-6-8-9-11-44(12-10-40-30(50)19-15-45(7-2)21-13-22(47)29(49)24(38)23(21)28(19)48)14-18-17(3)59-33-26(32(52)46(33)27(18)34(53)54)42-31(51)25(20-16-58-36(39)41-20)43-57-37(4,5)35(55)56/h13,15-17,26,33,47,49H,6-12,14H2,1-5H3,(H2,39,41)(H,40,50)(H,42,51)(H,53,54)(H,55,56)/b43-25-/t17-,26?,33+/m0/s1. The number of amides is 3. The van der Waals surface area contributed by atoms with Gasteiger partial charge >= 0.3 is 11.9 Å². The zero-order chi connectivity index (χ0) is 43.5. The summed E-state index contributed by atoms with van der Waals surface area (Å²) in [6.07, 6.45) is 3.89. The first-order valence-corrected chi connectivity index (χ1v) is 20.8. The Kier molecular flexibility index (Phi) is 13.8. The number of anilines is 1.